The van der Waals surface area contributed by atoms with Gasteiger partial charge in [0.25, 0.3) is 0 Å². The van der Waals surface area contributed by atoms with Gasteiger partial charge in [-0.1, -0.05) is 30.3 Å². The highest BCUT2D eigenvalue weighted by Crippen LogP contribution is 2.21. The van der Waals surface area contributed by atoms with E-state index in [4.69, 9.17) is 10.9 Å². The van der Waals surface area contributed by atoms with Crippen LogP contribution in [0.3, 0.4) is 0 Å². The van der Waals surface area contributed by atoms with Gasteiger partial charge in [0.15, 0.2) is 5.82 Å². The number of nitrogens with one attached hydrogen (secondary N) is 1. The number of aliphatic hydroxyl groups excluding tert-OH is 1. The van der Waals surface area contributed by atoms with Gasteiger partial charge < -0.3 is 15.4 Å². The number of likely N-dealkylation sites (N-methyl/N-ethyl adjacent to an activating group) is 1. The Balaban J connectivity index is 2.42. The molecular weight excluding hydrogens is 242 g/mol. The van der Waals surface area contributed by atoms with Gasteiger partial charge in [-0.2, -0.15) is 0 Å². The molecule has 6 heteroatoms. The Bertz CT molecular complexity index is 532. The first-order chi connectivity index (χ1) is 9.24. The van der Waals surface area contributed by atoms with Crippen LogP contribution in [0.25, 0.3) is 11.4 Å². The molecule has 0 aliphatic heterocycles. The summed E-state index contributed by atoms with van der Waals surface area (Å²) in [5, 5.41) is 8.99. The summed E-state index contributed by atoms with van der Waals surface area (Å²) in [6.45, 7) is 0.557. The predicted octanol–water partition coefficient (Wildman–Crippen LogP) is 0.858. The molecule has 0 radical (unpaired) electrons. The molecule has 0 aliphatic rings. The molecule has 0 fully saturated rings. The molecule has 1 aromatic carbocycles. The van der Waals surface area contributed by atoms with Crippen LogP contribution >= 0.6 is 0 Å². The zero-order valence-corrected chi connectivity index (χ0v) is 10.7. The highest BCUT2D eigenvalue weighted by atomic mass is 16.3. The lowest BCUT2D eigenvalue weighted by Gasteiger charge is -2.18. The Hall–Kier alpha value is -2.18. The third-order valence-electron chi connectivity index (χ3n) is 2.72. The number of nitrogens with zero attached hydrogens (tertiary/aromatic N) is 3. The average molecular weight is 259 g/mol. The molecule has 0 atom stereocenters. The molecule has 100 valence electrons. The molecule has 2 aromatic rings. The molecule has 0 unspecified atom stereocenters. The van der Waals surface area contributed by atoms with Gasteiger partial charge in [0.2, 0.25) is 0 Å². The minimum atomic E-state index is 0.0621. The van der Waals surface area contributed by atoms with Gasteiger partial charge in [-0.3, -0.25) is 0 Å². The SMILES string of the molecule is CN(CCO)c1cc(NN)nc(-c2ccccc2)n1. The first kappa shape index (κ1) is 13.3. The lowest BCUT2D eigenvalue weighted by atomic mass is 10.2. The number of nitrogen functional groups attached to an aromatic ring is 1. The molecule has 0 spiro atoms. The van der Waals surface area contributed by atoms with Crippen LogP contribution in [0.15, 0.2) is 36.4 Å². The van der Waals surface area contributed by atoms with Crippen molar-refractivity contribution in [3.63, 3.8) is 0 Å². The third kappa shape index (κ3) is 3.18. The Morgan fingerprint density at radius 1 is 1.26 bits per heavy atom. The normalized spacial score (nSPS) is 10.3. The highest BCUT2D eigenvalue weighted by Gasteiger charge is 2.09. The summed E-state index contributed by atoms with van der Waals surface area (Å²) in [6, 6.07) is 11.4. The quantitative estimate of drug-likeness (QED) is 0.545. The van der Waals surface area contributed by atoms with Crippen molar-refractivity contribution in [1.82, 2.24) is 9.97 Å². The first-order valence-corrected chi connectivity index (χ1v) is 5.97. The van der Waals surface area contributed by atoms with Crippen molar-refractivity contribution < 1.29 is 5.11 Å². The molecule has 6 nitrogen and oxygen atoms in total. The van der Waals surface area contributed by atoms with E-state index in [2.05, 4.69) is 15.4 Å². The van der Waals surface area contributed by atoms with Gasteiger partial charge in [-0.15, -0.1) is 0 Å². The van der Waals surface area contributed by atoms with Crippen molar-refractivity contribution in [1.29, 1.82) is 0 Å². The van der Waals surface area contributed by atoms with E-state index in [-0.39, 0.29) is 6.61 Å². The maximum atomic E-state index is 8.99. The standard InChI is InChI=1S/C13H17N5O/c1-18(7-8-19)12-9-11(17-14)15-13(16-12)10-5-3-2-4-6-10/h2-6,9,19H,7-8,14H2,1H3,(H,15,16,17). The van der Waals surface area contributed by atoms with Crippen LogP contribution in [-0.2, 0) is 0 Å². The van der Waals surface area contributed by atoms with Crippen LogP contribution in [0.1, 0.15) is 0 Å². The lowest BCUT2D eigenvalue weighted by Crippen LogP contribution is -2.23. The lowest BCUT2D eigenvalue weighted by molar-refractivity contribution is 0.304. The monoisotopic (exact) mass is 259 g/mol. The summed E-state index contributed by atoms with van der Waals surface area (Å²) >= 11 is 0. The number of aromatic nitrogens is 2. The molecule has 4 N–H and O–H groups in total. The fraction of sp³-hybridized carbons (Fsp3) is 0.231. The predicted molar refractivity (Wildman–Crippen MR) is 75.6 cm³/mol. The number of benzene rings is 1. The Morgan fingerprint density at radius 2 is 2.00 bits per heavy atom. The van der Waals surface area contributed by atoms with E-state index < -0.39 is 0 Å². The van der Waals surface area contributed by atoms with Crippen molar-refractivity contribution in [3.8, 4) is 11.4 Å². The number of anilines is 2. The van der Waals surface area contributed by atoms with Gasteiger partial charge in [0, 0.05) is 25.2 Å². The smallest absolute Gasteiger partial charge is 0.163 e. The second kappa shape index (κ2) is 6.12. The number of hydrogen-bond donors (Lipinski definition) is 3. The van der Waals surface area contributed by atoms with Crippen molar-refractivity contribution in [2.24, 2.45) is 5.84 Å². The zero-order valence-electron chi connectivity index (χ0n) is 10.7. The van der Waals surface area contributed by atoms with E-state index in [0.29, 0.717) is 24.0 Å². The average Bonchev–Trinajstić information content (AvgIpc) is 2.48. The summed E-state index contributed by atoms with van der Waals surface area (Å²) in [5.41, 5.74) is 3.45. The van der Waals surface area contributed by atoms with Crippen LogP contribution in [0, 0.1) is 0 Å². The number of hydrazine groups is 1. The summed E-state index contributed by atoms with van der Waals surface area (Å²) in [7, 11) is 1.85. The molecular formula is C13H17N5O. The van der Waals surface area contributed by atoms with Crippen molar-refractivity contribution >= 4 is 11.6 Å². The van der Waals surface area contributed by atoms with Crippen LogP contribution in [-0.4, -0.2) is 35.3 Å². The molecule has 19 heavy (non-hydrogen) atoms. The minimum Gasteiger partial charge on any atom is -0.395 e. The molecule has 1 heterocycles. The maximum absolute atomic E-state index is 8.99. The van der Waals surface area contributed by atoms with Crippen molar-refractivity contribution in [3.05, 3.63) is 36.4 Å². The molecule has 0 saturated carbocycles. The summed E-state index contributed by atoms with van der Waals surface area (Å²) in [5.74, 6) is 7.27. The third-order valence-corrected chi connectivity index (χ3v) is 2.72. The van der Waals surface area contributed by atoms with Gasteiger partial charge in [-0.25, -0.2) is 15.8 Å². The number of hydrogen-bond acceptors (Lipinski definition) is 6. The Morgan fingerprint density at radius 3 is 2.63 bits per heavy atom. The second-order valence-electron chi connectivity index (χ2n) is 4.09. The van der Waals surface area contributed by atoms with Gasteiger partial charge in [0.1, 0.15) is 11.6 Å². The summed E-state index contributed by atoms with van der Waals surface area (Å²) in [4.78, 5) is 10.6. The number of rotatable bonds is 5. The summed E-state index contributed by atoms with van der Waals surface area (Å²) in [6.07, 6.45) is 0. The largest absolute Gasteiger partial charge is 0.395 e. The molecule has 0 saturated heterocycles. The first-order valence-electron chi connectivity index (χ1n) is 5.97. The molecule has 2 rings (SSSR count). The summed E-state index contributed by atoms with van der Waals surface area (Å²) < 4.78 is 0. The maximum Gasteiger partial charge on any atom is 0.163 e. The van der Waals surface area contributed by atoms with E-state index in [1.54, 1.807) is 6.07 Å². The van der Waals surface area contributed by atoms with Crippen molar-refractivity contribution in [2.45, 2.75) is 0 Å². The van der Waals surface area contributed by atoms with E-state index >= 15 is 0 Å². The Labute approximate surface area is 111 Å². The molecule has 1 aromatic heterocycles. The zero-order chi connectivity index (χ0) is 13.7. The second-order valence-corrected chi connectivity index (χ2v) is 4.09. The fourth-order valence-corrected chi connectivity index (χ4v) is 1.68. The topological polar surface area (TPSA) is 87.3 Å². The van der Waals surface area contributed by atoms with Gasteiger partial charge >= 0.3 is 0 Å². The van der Waals surface area contributed by atoms with E-state index in [0.717, 1.165) is 5.56 Å². The van der Waals surface area contributed by atoms with Crippen LogP contribution < -0.4 is 16.2 Å². The number of aliphatic hydroxyl groups is 1. The highest BCUT2D eigenvalue weighted by molar-refractivity contribution is 5.61. The van der Waals surface area contributed by atoms with Crippen LogP contribution in [0.2, 0.25) is 0 Å². The molecule has 0 aliphatic carbocycles. The Kier molecular flexibility index (Phi) is 4.27. The van der Waals surface area contributed by atoms with Gasteiger partial charge in [0.05, 0.1) is 6.61 Å². The van der Waals surface area contributed by atoms with E-state index in [1.165, 1.54) is 0 Å². The molecule has 0 bridgehead atoms. The number of nitrogens with two attached hydrogens (primary N) is 1. The van der Waals surface area contributed by atoms with E-state index in [1.807, 2.05) is 42.3 Å². The van der Waals surface area contributed by atoms with Crippen LogP contribution in [0.5, 0.6) is 0 Å². The molecule has 0 amide bonds. The fourth-order valence-electron chi connectivity index (χ4n) is 1.68. The van der Waals surface area contributed by atoms with E-state index in [9.17, 15) is 0 Å². The van der Waals surface area contributed by atoms with Crippen molar-refractivity contribution in [2.75, 3.05) is 30.5 Å². The minimum absolute atomic E-state index is 0.0621. The van der Waals surface area contributed by atoms with Gasteiger partial charge in [-0.05, 0) is 0 Å². The van der Waals surface area contributed by atoms with Crippen LogP contribution in [0.4, 0.5) is 11.6 Å².